The lowest BCUT2D eigenvalue weighted by molar-refractivity contribution is -0.137. The summed E-state index contributed by atoms with van der Waals surface area (Å²) in [6.07, 6.45) is 6.11. The van der Waals surface area contributed by atoms with Crippen LogP contribution in [0.5, 0.6) is 0 Å². The van der Waals surface area contributed by atoms with Crippen LogP contribution in [0.1, 0.15) is 59.2 Å². The Morgan fingerprint density at radius 3 is 2.03 bits per heavy atom. The summed E-state index contributed by atoms with van der Waals surface area (Å²) >= 11 is 0. The van der Waals surface area contributed by atoms with E-state index in [0.29, 0.717) is 43.7 Å². The number of hydrogen-bond donors (Lipinski definition) is 0. The third-order valence-corrected chi connectivity index (χ3v) is 6.29. The van der Waals surface area contributed by atoms with Gasteiger partial charge in [0.25, 0.3) is 11.8 Å². The molecule has 1 aromatic carbocycles. The summed E-state index contributed by atoms with van der Waals surface area (Å²) in [5.41, 5.74) is 0.704. The van der Waals surface area contributed by atoms with Crippen molar-refractivity contribution in [1.29, 1.82) is 0 Å². The average molecular weight is 397 g/mol. The molecule has 4 rings (SSSR count). The van der Waals surface area contributed by atoms with E-state index in [1.807, 2.05) is 4.90 Å². The molecule has 4 amide bonds. The van der Waals surface area contributed by atoms with Crippen LogP contribution < -0.4 is 0 Å². The van der Waals surface area contributed by atoms with E-state index in [4.69, 9.17) is 0 Å². The molecule has 0 bridgehead atoms. The molecular weight excluding hydrogens is 370 g/mol. The molecule has 2 aliphatic heterocycles. The third kappa shape index (κ3) is 3.91. The minimum absolute atomic E-state index is 0.129. The summed E-state index contributed by atoms with van der Waals surface area (Å²) in [4.78, 5) is 55.2. The Balaban J connectivity index is 1.35. The van der Waals surface area contributed by atoms with Gasteiger partial charge in [-0.1, -0.05) is 31.4 Å². The number of hydrogen-bond acceptors (Lipinski definition) is 4. The smallest absolute Gasteiger partial charge is 0.262 e. The number of fused-ring (bicyclic) bond motifs is 1. The highest BCUT2D eigenvalue weighted by atomic mass is 16.2. The normalized spacial score (nSPS) is 20.6. The minimum atomic E-state index is -0.414. The standard InChI is InChI=1S/C22H27N3O4/c26-19(15-25-21(28)17-9-4-5-10-18(17)22(25)29)23-11-6-12-24(14-13-23)20(27)16-7-2-1-3-8-16/h4-5,9-10,16H,1-3,6-8,11-15H2. The molecule has 7 nitrogen and oxygen atoms in total. The number of benzene rings is 1. The monoisotopic (exact) mass is 397 g/mol. The summed E-state index contributed by atoms with van der Waals surface area (Å²) in [6.45, 7) is 1.91. The molecule has 29 heavy (non-hydrogen) atoms. The maximum absolute atomic E-state index is 12.8. The zero-order valence-electron chi connectivity index (χ0n) is 16.6. The number of rotatable bonds is 3. The Labute approximate surface area is 170 Å². The SMILES string of the molecule is O=C(CN1C(=O)c2ccccc2C1=O)N1CCCN(C(=O)C2CCCCC2)CC1. The third-order valence-electron chi connectivity index (χ3n) is 6.29. The van der Waals surface area contributed by atoms with Crippen molar-refractivity contribution in [1.82, 2.24) is 14.7 Å². The van der Waals surface area contributed by atoms with Crippen molar-refractivity contribution < 1.29 is 19.2 Å². The van der Waals surface area contributed by atoms with E-state index < -0.39 is 11.8 Å². The van der Waals surface area contributed by atoms with Gasteiger partial charge in [-0.3, -0.25) is 24.1 Å². The molecule has 154 valence electrons. The van der Waals surface area contributed by atoms with Crippen LogP contribution in [0.2, 0.25) is 0 Å². The van der Waals surface area contributed by atoms with Crippen LogP contribution in [-0.2, 0) is 9.59 Å². The van der Waals surface area contributed by atoms with Crippen molar-refractivity contribution in [3.8, 4) is 0 Å². The van der Waals surface area contributed by atoms with Gasteiger partial charge in [-0.15, -0.1) is 0 Å². The van der Waals surface area contributed by atoms with Crippen molar-refractivity contribution >= 4 is 23.6 Å². The van der Waals surface area contributed by atoms with Gasteiger partial charge in [0.1, 0.15) is 6.54 Å². The number of carbonyl (C=O) groups excluding carboxylic acids is 4. The summed E-state index contributed by atoms with van der Waals surface area (Å²) < 4.78 is 0. The highest BCUT2D eigenvalue weighted by molar-refractivity contribution is 6.22. The number of imide groups is 1. The Morgan fingerprint density at radius 2 is 1.38 bits per heavy atom. The van der Waals surface area contributed by atoms with Gasteiger partial charge in [0.05, 0.1) is 11.1 Å². The largest absolute Gasteiger partial charge is 0.341 e. The van der Waals surface area contributed by atoms with Crippen LogP contribution in [0.3, 0.4) is 0 Å². The quantitative estimate of drug-likeness (QED) is 0.730. The van der Waals surface area contributed by atoms with Crippen LogP contribution in [0.25, 0.3) is 0 Å². The first kappa shape index (κ1) is 19.6. The zero-order valence-corrected chi connectivity index (χ0v) is 16.6. The van der Waals surface area contributed by atoms with Crippen LogP contribution in [0.4, 0.5) is 0 Å². The number of amides is 4. The molecule has 0 radical (unpaired) electrons. The molecule has 1 aliphatic carbocycles. The fraction of sp³-hybridized carbons (Fsp3) is 0.545. The van der Waals surface area contributed by atoms with Gasteiger partial charge in [0, 0.05) is 32.1 Å². The molecule has 2 fully saturated rings. The Bertz CT molecular complexity index is 796. The minimum Gasteiger partial charge on any atom is -0.341 e. The number of carbonyl (C=O) groups is 4. The maximum atomic E-state index is 12.8. The molecule has 0 unspecified atom stereocenters. The second-order valence-corrected chi connectivity index (χ2v) is 8.14. The van der Waals surface area contributed by atoms with E-state index >= 15 is 0 Å². The van der Waals surface area contributed by atoms with Gasteiger partial charge in [0.2, 0.25) is 11.8 Å². The van der Waals surface area contributed by atoms with E-state index in [-0.39, 0.29) is 24.3 Å². The van der Waals surface area contributed by atoms with Crippen molar-refractivity contribution in [2.75, 3.05) is 32.7 Å². The van der Waals surface area contributed by atoms with Crippen molar-refractivity contribution in [3.05, 3.63) is 35.4 Å². The molecule has 0 aromatic heterocycles. The Morgan fingerprint density at radius 1 is 0.793 bits per heavy atom. The highest BCUT2D eigenvalue weighted by Gasteiger charge is 2.37. The highest BCUT2D eigenvalue weighted by Crippen LogP contribution is 2.26. The van der Waals surface area contributed by atoms with E-state index in [0.717, 1.165) is 30.6 Å². The average Bonchev–Trinajstić information content (AvgIpc) is 2.93. The lowest BCUT2D eigenvalue weighted by Crippen LogP contribution is -2.44. The Hall–Kier alpha value is -2.70. The number of nitrogens with zero attached hydrogens (tertiary/aromatic N) is 3. The van der Waals surface area contributed by atoms with Crippen LogP contribution in [0.15, 0.2) is 24.3 Å². The molecule has 2 heterocycles. The van der Waals surface area contributed by atoms with E-state index in [9.17, 15) is 19.2 Å². The molecule has 0 N–H and O–H groups in total. The molecule has 1 aromatic rings. The molecule has 1 saturated carbocycles. The molecule has 0 spiro atoms. The predicted octanol–water partition coefficient (Wildman–Crippen LogP) is 1.92. The lowest BCUT2D eigenvalue weighted by atomic mass is 9.88. The molecule has 3 aliphatic rings. The van der Waals surface area contributed by atoms with Gasteiger partial charge in [-0.25, -0.2) is 0 Å². The topological polar surface area (TPSA) is 78.0 Å². The van der Waals surface area contributed by atoms with Gasteiger partial charge in [0.15, 0.2) is 0 Å². The van der Waals surface area contributed by atoms with Gasteiger partial charge < -0.3 is 9.80 Å². The first-order valence-corrected chi connectivity index (χ1v) is 10.6. The van der Waals surface area contributed by atoms with E-state index in [1.54, 1.807) is 29.2 Å². The van der Waals surface area contributed by atoms with Gasteiger partial charge >= 0.3 is 0 Å². The van der Waals surface area contributed by atoms with Crippen LogP contribution in [0, 0.1) is 5.92 Å². The summed E-state index contributed by atoms with van der Waals surface area (Å²) in [5, 5.41) is 0. The molecule has 1 saturated heterocycles. The Kier molecular flexibility index (Phi) is 5.65. The van der Waals surface area contributed by atoms with Gasteiger partial charge in [-0.2, -0.15) is 0 Å². The van der Waals surface area contributed by atoms with Gasteiger partial charge in [-0.05, 0) is 31.4 Å². The fourth-order valence-corrected chi connectivity index (χ4v) is 4.61. The summed E-state index contributed by atoms with van der Waals surface area (Å²) in [7, 11) is 0. The molecular formula is C22H27N3O4. The van der Waals surface area contributed by atoms with Crippen LogP contribution in [-0.4, -0.2) is 71.1 Å². The summed E-state index contributed by atoms with van der Waals surface area (Å²) in [6, 6.07) is 6.64. The molecule has 7 heteroatoms. The zero-order chi connectivity index (χ0) is 20.4. The van der Waals surface area contributed by atoms with E-state index in [1.165, 1.54) is 6.42 Å². The van der Waals surface area contributed by atoms with Crippen molar-refractivity contribution in [2.45, 2.75) is 38.5 Å². The maximum Gasteiger partial charge on any atom is 0.262 e. The van der Waals surface area contributed by atoms with Crippen molar-refractivity contribution in [2.24, 2.45) is 5.92 Å². The first-order chi connectivity index (χ1) is 14.1. The van der Waals surface area contributed by atoms with E-state index in [2.05, 4.69) is 0 Å². The second kappa shape index (κ2) is 8.35. The van der Waals surface area contributed by atoms with Crippen LogP contribution >= 0.6 is 0 Å². The summed E-state index contributed by atoms with van der Waals surface area (Å²) in [5.74, 6) is -0.721. The lowest BCUT2D eigenvalue weighted by Gasteiger charge is -2.28. The fourth-order valence-electron chi connectivity index (χ4n) is 4.61. The molecule has 0 atom stereocenters. The second-order valence-electron chi connectivity index (χ2n) is 8.14. The first-order valence-electron chi connectivity index (χ1n) is 10.6. The predicted molar refractivity (Wildman–Crippen MR) is 106 cm³/mol. The van der Waals surface area contributed by atoms with Crippen molar-refractivity contribution in [3.63, 3.8) is 0 Å².